The second kappa shape index (κ2) is 3.49. The van der Waals surface area contributed by atoms with Crippen LogP contribution in [0.2, 0.25) is 0 Å². The first-order chi connectivity index (χ1) is 6.74. The summed E-state index contributed by atoms with van der Waals surface area (Å²) in [6.45, 7) is 1.89. The standard InChI is InChI=1S/C10H11N3O/c1-7-5-9(11)13-10(12-7)6-8-3-2-4-14-8/h2-5H,6H2,1H3,(H2,11,12,13). The fourth-order valence-corrected chi connectivity index (χ4v) is 1.30. The summed E-state index contributed by atoms with van der Waals surface area (Å²) in [5.41, 5.74) is 6.48. The highest BCUT2D eigenvalue weighted by Crippen LogP contribution is 2.08. The van der Waals surface area contributed by atoms with Crippen LogP contribution in [0.1, 0.15) is 17.3 Å². The number of nitrogen functional groups attached to an aromatic ring is 1. The SMILES string of the molecule is Cc1cc(N)nc(Cc2ccco2)n1. The van der Waals surface area contributed by atoms with E-state index in [0.29, 0.717) is 18.1 Å². The van der Waals surface area contributed by atoms with Gasteiger partial charge in [-0.25, -0.2) is 9.97 Å². The van der Waals surface area contributed by atoms with E-state index >= 15 is 0 Å². The Morgan fingerprint density at radius 2 is 2.29 bits per heavy atom. The Labute approximate surface area is 81.8 Å². The van der Waals surface area contributed by atoms with E-state index in [9.17, 15) is 0 Å². The molecular formula is C10H11N3O. The van der Waals surface area contributed by atoms with Crippen LogP contribution in [0.3, 0.4) is 0 Å². The first-order valence-electron chi connectivity index (χ1n) is 4.36. The molecular weight excluding hydrogens is 178 g/mol. The molecule has 0 unspecified atom stereocenters. The van der Waals surface area contributed by atoms with Crippen molar-refractivity contribution >= 4 is 5.82 Å². The number of aromatic nitrogens is 2. The van der Waals surface area contributed by atoms with E-state index in [2.05, 4.69) is 9.97 Å². The Morgan fingerprint density at radius 3 is 2.93 bits per heavy atom. The van der Waals surface area contributed by atoms with Gasteiger partial charge in [-0.05, 0) is 19.1 Å². The minimum Gasteiger partial charge on any atom is -0.469 e. The van der Waals surface area contributed by atoms with Gasteiger partial charge in [0.25, 0.3) is 0 Å². The van der Waals surface area contributed by atoms with Crippen LogP contribution in [0, 0.1) is 6.92 Å². The van der Waals surface area contributed by atoms with Crippen molar-refractivity contribution in [3.63, 3.8) is 0 Å². The molecule has 0 saturated heterocycles. The lowest BCUT2D eigenvalue weighted by Gasteiger charge is -2.00. The number of nitrogens with two attached hydrogens (primary N) is 1. The molecule has 0 saturated carbocycles. The summed E-state index contributed by atoms with van der Waals surface area (Å²) in [4.78, 5) is 8.37. The van der Waals surface area contributed by atoms with Gasteiger partial charge in [0.1, 0.15) is 17.4 Å². The third-order valence-electron chi connectivity index (χ3n) is 1.83. The average Bonchev–Trinajstić information content (AvgIpc) is 2.54. The summed E-state index contributed by atoms with van der Waals surface area (Å²) < 4.78 is 5.20. The highest BCUT2D eigenvalue weighted by molar-refractivity contribution is 5.29. The lowest BCUT2D eigenvalue weighted by molar-refractivity contribution is 0.517. The van der Waals surface area contributed by atoms with Crippen molar-refractivity contribution in [1.29, 1.82) is 0 Å². The minimum atomic E-state index is 0.499. The number of rotatable bonds is 2. The van der Waals surface area contributed by atoms with Crippen molar-refractivity contribution in [2.24, 2.45) is 0 Å². The third-order valence-corrected chi connectivity index (χ3v) is 1.83. The van der Waals surface area contributed by atoms with Crippen LogP contribution in [0.4, 0.5) is 5.82 Å². The number of nitrogens with zero attached hydrogens (tertiary/aromatic N) is 2. The largest absolute Gasteiger partial charge is 0.469 e. The van der Waals surface area contributed by atoms with E-state index in [4.69, 9.17) is 10.2 Å². The number of aryl methyl sites for hydroxylation is 1. The van der Waals surface area contributed by atoms with Gasteiger partial charge in [-0.2, -0.15) is 0 Å². The Balaban J connectivity index is 2.25. The number of hydrogen-bond acceptors (Lipinski definition) is 4. The molecule has 72 valence electrons. The van der Waals surface area contributed by atoms with Gasteiger partial charge >= 0.3 is 0 Å². The van der Waals surface area contributed by atoms with Gasteiger partial charge in [0, 0.05) is 11.8 Å². The molecule has 2 rings (SSSR count). The predicted molar refractivity (Wildman–Crippen MR) is 52.7 cm³/mol. The molecule has 2 aromatic heterocycles. The molecule has 4 heteroatoms. The van der Waals surface area contributed by atoms with Crippen molar-refractivity contribution in [2.75, 3.05) is 5.73 Å². The van der Waals surface area contributed by atoms with Gasteiger partial charge in [0.2, 0.25) is 0 Å². The molecule has 0 atom stereocenters. The fraction of sp³-hybridized carbons (Fsp3) is 0.200. The molecule has 0 spiro atoms. The molecule has 2 heterocycles. The van der Waals surface area contributed by atoms with Crippen LogP contribution in [0.15, 0.2) is 28.9 Å². The quantitative estimate of drug-likeness (QED) is 0.778. The van der Waals surface area contributed by atoms with E-state index in [0.717, 1.165) is 11.5 Å². The molecule has 14 heavy (non-hydrogen) atoms. The maximum atomic E-state index is 5.61. The number of anilines is 1. The second-order valence-corrected chi connectivity index (χ2v) is 3.11. The van der Waals surface area contributed by atoms with E-state index < -0.39 is 0 Å². The van der Waals surface area contributed by atoms with Crippen molar-refractivity contribution < 1.29 is 4.42 Å². The van der Waals surface area contributed by atoms with Crippen LogP contribution >= 0.6 is 0 Å². The van der Waals surface area contributed by atoms with Gasteiger partial charge in [-0.3, -0.25) is 0 Å². The Bertz CT molecular complexity index is 403. The normalized spacial score (nSPS) is 10.4. The van der Waals surface area contributed by atoms with Crippen LogP contribution in [-0.4, -0.2) is 9.97 Å². The number of hydrogen-bond donors (Lipinski definition) is 1. The minimum absolute atomic E-state index is 0.499. The summed E-state index contributed by atoms with van der Waals surface area (Å²) in [5, 5.41) is 0. The summed E-state index contributed by atoms with van der Waals surface area (Å²) in [5.74, 6) is 2.03. The summed E-state index contributed by atoms with van der Waals surface area (Å²) >= 11 is 0. The smallest absolute Gasteiger partial charge is 0.138 e. The van der Waals surface area contributed by atoms with Gasteiger partial charge in [-0.15, -0.1) is 0 Å². The van der Waals surface area contributed by atoms with Crippen LogP contribution in [0.25, 0.3) is 0 Å². The van der Waals surface area contributed by atoms with Gasteiger partial charge in [-0.1, -0.05) is 0 Å². The lowest BCUT2D eigenvalue weighted by atomic mass is 10.3. The van der Waals surface area contributed by atoms with Crippen molar-refractivity contribution in [1.82, 2.24) is 9.97 Å². The maximum Gasteiger partial charge on any atom is 0.138 e. The molecule has 0 aliphatic heterocycles. The highest BCUT2D eigenvalue weighted by Gasteiger charge is 2.03. The molecule has 2 N–H and O–H groups in total. The molecule has 0 aliphatic carbocycles. The average molecular weight is 189 g/mol. The Morgan fingerprint density at radius 1 is 1.43 bits per heavy atom. The topological polar surface area (TPSA) is 64.9 Å². The summed E-state index contributed by atoms with van der Waals surface area (Å²) in [6, 6.07) is 5.47. The number of furan rings is 1. The molecule has 2 aromatic rings. The van der Waals surface area contributed by atoms with Crippen LogP contribution < -0.4 is 5.73 Å². The molecule has 0 bridgehead atoms. The molecule has 0 aromatic carbocycles. The van der Waals surface area contributed by atoms with E-state index in [1.54, 1.807) is 12.3 Å². The molecule has 0 amide bonds. The summed E-state index contributed by atoms with van der Waals surface area (Å²) in [6.07, 6.45) is 2.22. The Hall–Kier alpha value is -1.84. The molecule has 0 fully saturated rings. The van der Waals surface area contributed by atoms with Gasteiger partial charge in [0.15, 0.2) is 0 Å². The van der Waals surface area contributed by atoms with Crippen molar-refractivity contribution in [3.05, 3.63) is 41.7 Å². The molecule has 4 nitrogen and oxygen atoms in total. The first kappa shape index (κ1) is 8.74. The summed E-state index contributed by atoms with van der Waals surface area (Å²) in [7, 11) is 0. The second-order valence-electron chi connectivity index (χ2n) is 3.11. The molecule has 0 radical (unpaired) electrons. The van der Waals surface area contributed by atoms with E-state index in [1.807, 2.05) is 19.1 Å². The van der Waals surface area contributed by atoms with Gasteiger partial charge < -0.3 is 10.2 Å². The van der Waals surface area contributed by atoms with E-state index in [-0.39, 0.29) is 0 Å². The predicted octanol–water partition coefficient (Wildman–Crippen LogP) is 1.55. The zero-order valence-corrected chi connectivity index (χ0v) is 7.90. The maximum absolute atomic E-state index is 5.61. The lowest BCUT2D eigenvalue weighted by Crippen LogP contribution is -2.01. The zero-order valence-electron chi connectivity index (χ0n) is 7.90. The van der Waals surface area contributed by atoms with Crippen molar-refractivity contribution in [3.8, 4) is 0 Å². The van der Waals surface area contributed by atoms with Crippen LogP contribution in [-0.2, 0) is 6.42 Å². The van der Waals surface area contributed by atoms with Crippen LogP contribution in [0.5, 0.6) is 0 Å². The third kappa shape index (κ3) is 1.90. The van der Waals surface area contributed by atoms with Crippen molar-refractivity contribution in [2.45, 2.75) is 13.3 Å². The fourth-order valence-electron chi connectivity index (χ4n) is 1.30. The first-order valence-corrected chi connectivity index (χ1v) is 4.36. The monoisotopic (exact) mass is 189 g/mol. The Kier molecular flexibility index (Phi) is 2.18. The van der Waals surface area contributed by atoms with E-state index in [1.165, 1.54) is 0 Å². The molecule has 0 aliphatic rings. The highest BCUT2D eigenvalue weighted by atomic mass is 16.3. The van der Waals surface area contributed by atoms with Gasteiger partial charge in [0.05, 0.1) is 12.7 Å². The zero-order chi connectivity index (χ0) is 9.97.